The number of aromatic nitrogens is 1. The van der Waals surface area contributed by atoms with Gasteiger partial charge in [0.15, 0.2) is 5.96 Å². The molecule has 0 aliphatic carbocycles. The Bertz CT molecular complexity index is 754. The Labute approximate surface area is 179 Å². The molecule has 0 aliphatic rings. The van der Waals surface area contributed by atoms with Crippen LogP contribution in [-0.2, 0) is 13.6 Å². The van der Waals surface area contributed by atoms with Crippen LogP contribution in [0.25, 0.3) is 0 Å². The molecular weight excluding hydrogens is 493 g/mol. The minimum absolute atomic E-state index is 0. The van der Waals surface area contributed by atoms with E-state index in [1.165, 1.54) is 6.07 Å². The van der Waals surface area contributed by atoms with Gasteiger partial charge in [-0.3, -0.25) is 0 Å². The summed E-state index contributed by atoms with van der Waals surface area (Å²) in [5.41, 5.74) is 1.09. The Hall–Kier alpha value is -1.03. The number of benzene rings is 1. The number of aliphatic hydroxyl groups is 1. The predicted octanol–water partition coefficient (Wildman–Crippen LogP) is 3.88. The molecule has 0 bridgehead atoms. The van der Waals surface area contributed by atoms with Crippen molar-refractivity contribution in [2.45, 2.75) is 19.6 Å². The molecule has 0 amide bonds. The van der Waals surface area contributed by atoms with Gasteiger partial charge in [-0.15, -0.1) is 24.0 Å². The molecule has 0 saturated carbocycles. The monoisotopic (exact) mass is 514 g/mol. The number of rotatable bonds is 6. The van der Waals surface area contributed by atoms with E-state index in [1.807, 2.05) is 6.92 Å². The molecule has 0 fully saturated rings. The van der Waals surface area contributed by atoms with Gasteiger partial charge < -0.3 is 20.3 Å². The van der Waals surface area contributed by atoms with Gasteiger partial charge in [-0.2, -0.15) is 0 Å². The molecule has 3 N–H and O–H groups in total. The lowest BCUT2D eigenvalue weighted by Crippen LogP contribution is -2.39. The second-order valence-corrected chi connectivity index (χ2v) is 6.21. The number of aliphatic hydroxyl groups excluding tert-OH is 1. The molecule has 1 atom stereocenters. The van der Waals surface area contributed by atoms with E-state index in [-0.39, 0.29) is 36.1 Å². The quantitative estimate of drug-likeness (QED) is 0.311. The van der Waals surface area contributed by atoms with Crippen LogP contribution in [0.5, 0.6) is 0 Å². The molecule has 5 nitrogen and oxygen atoms in total. The molecular formula is C17H22Cl2FIN4O. The number of halogens is 4. The van der Waals surface area contributed by atoms with Crippen LogP contribution in [0.1, 0.15) is 24.3 Å². The van der Waals surface area contributed by atoms with Crippen molar-refractivity contribution in [1.29, 1.82) is 0 Å². The number of hydrogen-bond acceptors (Lipinski definition) is 2. The fourth-order valence-electron chi connectivity index (χ4n) is 2.29. The first-order chi connectivity index (χ1) is 11.9. The summed E-state index contributed by atoms with van der Waals surface area (Å²) >= 11 is 12.0. The first kappa shape index (κ1) is 23.0. The van der Waals surface area contributed by atoms with Crippen molar-refractivity contribution in [2.24, 2.45) is 12.0 Å². The second-order valence-electron chi connectivity index (χ2n) is 5.45. The molecule has 0 saturated heterocycles. The standard InChI is InChI=1S/C17H21Cl2FN4O.HI/c1-3-21-17(22-9-11-8-13(18)16(19)24(11)2)23-10-15(25)12-6-4-5-7-14(12)20;/h4-8,15,25H,3,9-10H2,1-2H3,(H2,21,22,23);1H. The van der Waals surface area contributed by atoms with E-state index in [2.05, 4.69) is 15.6 Å². The summed E-state index contributed by atoms with van der Waals surface area (Å²) in [4.78, 5) is 4.44. The van der Waals surface area contributed by atoms with E-state index in [0.29, 0.717) is 29.2 Å². The summed E-state index contributed by atoms with van der Waals surface area (Å²) in [6.45, 7) is 3.06. The molecule has 1 aromatic heterocycles. The van der Waals surface area contributed by atoms with Crippen LogP contribution >= 0.6 is 47.2 Å². The van der Waals surface area contributed by atoms with Crippen molar-refractivity contribution < 1.29 is 9.50 Å². The second kappa shape index (κ2) is 11.0. The van der Waals surface area contributed by atoms with E-state index in [9.17, 15) is 9.50 Å². The number of aliphatic imine (C=N–C) groups is 1. The fraction of sp³-hybridized carbons (Fsp3) is 0.353. The highest BCUT2D eigenvalue weighted by Crippen LogP contribution is 2.25. The molecule has 0 radical (unpaired) electrons. The van der Waals surface area contributed by atoms with Gasteiger partial charge in [-0.25, -0.2) is 9.38 Å². The molecule has 1 unspecified atom stereocenters. The average Bonchev–Trinajstić information content (AvgIpc) is 2.84. The minimum atomic E-state index is -0.982. The summed E-state index contributed by atoms with van der Waals surface area (Å²) < 4.78 is 15.5. The van der Waals surface area contributed by atoms with Gasteiger partial charge in [0.2, 0.25) is 0 Å². The number of nitrogens with zero attached hydrogens (tertiary/aromatic N) is 2. The smallest absolute Gasteiger partial charge is 0.191 e. The molecule has 0 spiro atoms. The third-order valence-corrected chi connectivity index (χ3v) is 4.53. The summed E-state index contributed by atoms with van der Waals surface area (Å²) in [5, 5.41) is 17.2. The maximum Gasteiger partial charge on any atom is 0.191 e. The molecule has 144 valence electrons. The van der Waals surface area contributed by atoms with Crippen molar-refractivity contribution in [1.82, 2.24) is 15.2 Å². The van der Waals surface area contributed by atoms with E-state index in [1.54, 1.807) is 35.9 Å². The number of guanidine groups is 1. The lowest BCUT2D eigenvalue weighted by Gasteiger charge is -2.16. The molecule has 0 aliphatic heterocycles. The van der Waals surface area contributed by atoms with Crippen LogP contribution < -0.4 is 10.6 Å². The van der Waals surface area contributed by atoms with Crippen molar-refractivity contribution in [2.75, 3.05) is 13.1 Å². The highest BCUT2D eigenvalue weighted by Gasteiger charge is 2.13. The molecule has 2 rings (SSSR count). The zero-order chi connectivity index (χ0) is 18.4. The van der Waals surface area contributed by atoms with Crippen LogP contribution in [0, 0.1) is 5.82 Å². The molecule has 1 heterocycles. The molecule has 9 heteroatoms. The van der Waals surface area contributed by atoms with Crippen LogP contribution in [0.3, 0.4) is 0 Å². The Morgan fingerprint density at radius 3 is 2.58 bits per heavy atom. The third kappa shape index (κ3) is 6.00. The normalized spacial score (nSPS) is 12.5. The Morgan fingerprint density at radius 1 is 1.31 bits per heavy atom. The van der Waals surface area contributed by atoms with Gasteiger partial charge in [0.05, 0.1) is 17.7 Å². The van der Waals surface area contributed by atoms with Gasteiger partial charge in [0.25, 0.3) is 0 Å². The SMILES string of the molecule is CCNC(=NCc1cc(Cl)c(Cl)n1C)NCC(O)c1ccccc1F.I. The first-order valence-electron chi connectivity index (χ1n) is 7.88. The zero-order valence-electron chi connectivity index (χ0n) is 14.5. The van der Waals surface area contributed by atoms with Gasteiger partial charge in [-0.05, 0) is 19.1 Å². The predicted molar refractivity (Wildman–Crippen MR) is 115 cm³/mol. The lowest BCUT2D eigenvalue weighted by molar-refractivity contribution is 0.176. The molecule has 1 aromatic carbocycles. The summed E-state index contributed by atoms with van der Waals surface area (Å²) in [6.07, 6.45) is -0.982. The van der Waals surface area contributed by atoms with E-state index in [0.717, 1.165) is 5.69 Å². The Balaban J connectivity index is 0.00000338. The summed E-state index contributed by atoms with van der Waals surface area (Å²) in [6, 6.07) is 7.90. The Morgan fingerprint density at radius 2 is 2.00 bits per heavy atom. The highest BCUT2D eigenvalue weighted by atomic mass is 127. The number of nitrogens with one attached hydrogen (secondary N) is 2. The Kier molecular flexibility index (Phi) is 9.70. The number of hydrogen-bond donors (Lipinski definition) is 3. The maximum absolute atomic E-state index is 13.7. The zero-order valence-corrected chi connectivity index (χ0v) is 18.3. The van der Waals surface area contributed by atoms with Gasteiger partial charge in [-0.1, -0.05) is 41.4 Å². The molecule has 2 aromatic rings. The maximum atomic E-state index is 13.7. The van der Waals surface area contributed by atoms with E-state index >= 15 is 0 Å². The first-order valence-corrected chi connectivity index (χ1v) is 8.63. The topological polar surface area (TPSA) is 61.6 Å². The van der Waals surface area contributed by atoms with E-state index < -0.39 is 11.9 Å². The van der Waals surface area contributed by atoms with Crippen molar-refractivity contribution in [3.63, 3.8) is 0 Å². The van der Waals surface area contributed by atoms with Crippen LogP contribution in [-0.4, -0.2) is 28.7 Å². The van der Waals surface area contributed by atoms with Crippen LogP contribution in [0.15, 0.2) is 35.3 Å². The van der Waals surface area contributed by atoms with Crippen LogP contribution in [0.2, 0.25) is 10.2 Å². The van der Waals surface area contributed by atoms with Crippen molar-refractivity contribution in [3.8, 4) is 0 Å². The summed E-state index contributed by atoms with van der Waals surface area (Å²) in [7, 11) is 1.81. The van der Waals surface area contributed by atoms with Gasteiger partial charge >= 0.3 is 0 Å². The highest BCUT2D eigenvalue weighted by molar-refractivity contribution is 14.0. The fourth-order valence-corrected chi connectivity index (χ4v) is 2.71. The summed E-state index contributed by atoms with van der Waals surface area (Å²) in [5.74, 6) is 0.0677. The van der Waals surface area contributed by atoms with Crippen molar-refractivity contribution >= 4 is 53.1 Å². The van der Waals surface area contributed by atoms with E-state index in [4.69, 9.17) is 23.2 Å². The lowest BCUT2D eigenvalue weighted by atomic mass is 10.1. The van der Waals surface area contributed by atoms with Crippen LogP contribution in [0.4, 0.5) is 4.39 Å². The molecule has 26 heavy (non-hydrogen) atoms. The average molecular weight is 515 g/mol. The van der Waals surface area contributed by atoms with Crippen molar-refractivity contribution in [3.05, 3.63) is 57.6 Å². The van der Waals surface area contributed by atoms with Gasteiger partial charge in [0, 0.05) is 31.4 Å². The largest absolute Gasteiger partial charge is 0.386 e. The third-order valence-electron chi connectivity index (χ3n) is 3.69. The minimum Gasteiger partial charge on any atom is -0.386 e. The van der Waals surface area contributed by atoms with Gasteiger partial charge in [0.1, 0.15) is 11.0 Å².